The van der Waals surface area contributed by atoms with Gasteiger partial charge in [-0.3, -0.25) is 0 Å². The van der Waals surface area contributed by atoms with Crippen molar-refractivity contribution in [1.29, 1.82) is 0 Å². The Morgan fingerprint density at radius 2 is 1.69 bits per heavy atom. The SMILES string of the molecule is OC1(c2ccco2)C2CC3CC(C2)CC1C3. The van der Waals surface area contributed by atoms with Crippen LogP contribution in [0, 0.1) is 23.7 Å². The van der Waals surface area contributed by atoms with Gasteiger partial charge in [-0.05, 0) is 67.9 Å². The van der Waals surface area contributed by atoms with Crippen molar-refractivity contribution in [3.05, 3.63) is 24.2 Å². The summed E-state index contributed by atoms with van der Waals surface area (Å²) in [4.78, 5) is 0. The fourth-order valence-corrected chi connectivity index (χ4v) is 4.81. The van der Waals surface area contributed by atoms with Crippen molar-refractivity contribution in [2.45, 2.75) is 37.7 Å². The summed E-state index contributed by atoms with van der Waals surface area (Å²) in [7, 11) is 0. The zero-order valence-electron chi connectivity index (χ0n) is 9.43. The minimum atomic E-state index is -0.642. The molecule has 16 heavy (non-hydrogen) atoms. The van der Waals surface area contributed by atoms with Crippen molar-refractivity contribution < 1.29 is 9.52 Å². The van der Waals surface area contributed by atoms with Crippen molar-refractivity contribution in [3.8, 4) is 0 Å². The molecule has 0 unspecified atom stereocenters. The van der Waals surface area contributed by atoms with Gasteiger partial charge in [-0.2, -0.15) is 0 Å². The summed E-state index contributed by atoms with van der Waals surface area (Å²) in [6.07, 6.45) is 7.96. The van der Waals surface area contributed by atoms with E-state index in [1.165, 1.54) is 32.1 Å². The van der Waals surface area contributed by atoms with Gasteiger partial charge in [0.2, 0.25) is 0 Å². The summed E-state index contributed by atoms with van der Waals surface area (Å²) in [5.41, 5.74) is -0.642. The van der Waals surface area contributed by atoms with Crippen molar-refractivity contribution >= 4 is 0 Å². The van der Waals surface area contributed by atoms with Gasteiger partial charge in [0.05, 0.1) is 6.26 Å². The van der Waals surface area contributed by atoms with Gasteiger partial charge in [-0.1, -0.05) is 0 Å². The molecule has 4 fully saturated rings. The standard InChI is InChI=1S/C14H18O2/c15-14(13-2-1-3-16-13)11-5-9-4-10(7-11)8-12(14)6-9/h1-3,9-12,15H,4-8H2. The van der Waals surface area contributed by atoms with Gasteiger partial charge in [0.25, 0.3) is 0 Å². The average molecular weight is 218 g/mol. The van der Waals surface area contributed by atoms with E-state index in [0.717, 1.165) is 17.6 Å². The Hall–Kier alpha value is -0.760. The Morgan fingerprint density at radius 3 is 2.19 bits per heavy atom. The first-order valence-corrected chi connectivity index (χ1v) is 6.53. The molecule has 1 heterocycles. The van der Waals surface area contributed by atoms with Gasteiger partial charge in [-0.25, -0.2) is 0 Å². The van der Waals surface area contributed by atoms with Crippen molar-refractivity contribution in [2.75, 3.05) is 0 Å². The fraction of sp³-hybridized carbons (Fsp3) is 0.714. The molecule has 4 bridgehead atoms. The van der Waals surface area contributed by atoms with Gasteiger partial charge < -0.3 is 9.52 Å². The maximum Gasteiger partial charge on any atom is 0.135 e. The van der Waals surface area contributed by atoms with E-state index in [-0.39, 0.29) is 0 Å². The van der Waals surface area contributed by atoms with Crippen molar-refractivity contribution in [1.82, 2.24) is 0 Å². The Labute approximate surface area is 95.7 Å². The zero-order chi connectivity index (χ0) is 10.8. The topological polar surface area (TPSA) is 33.4 Å². The first-order valence-electron chi connectivity index (χ1n) is 6.53. The molecule has 0 amide bonds. The zero-order valence-corrected chi connectivity index (χ0v) is 9.43. The molecule has 1 aromatic rings. The predicted molar refractivity (Wildman–Crippen MR) is 59.6 cm³/mol. The minimum absolute atomic E-state index is 0.454. The van der Waals surface area contributed by atoms with E-state index in [0.29, 0.717) is 11.8 Å². The second-order valence-electron chi connectivity index (χ2n) is 6.11. The van der Waals surface area contributed by atoms with Crippen LogP contribution in [-0.2, 0) is 5.60 Å². The molecule has 2 nitrogen and oxygen atoms in total. The van der Waals surface area contributed by atoms with E-state index in [4.69, 9.17) is 4.42 Å². The Morgan fingerprint density at radius 1 is 1.06 bits per heavy atom. The number of aliphatic hydroxyl groups is 1. The van der Waals surface area contributed by atoms with Crippen LogP contribution in [-0.4, -0.2) is 5.11 Å². The van der Waals surface area contributed by atoms with E-state index < -0.39 is 5.60 Å². The van der Waals surface area contributed by atoms with Crippen LogP contribution in [0.3, 0.4) is 0 Å². The molecule has 0 aromatic carbocycles. The maximum atomic E-state index is 11.1. The lowest BCUT2D eigenvalue weighted by atomic mass is 9.49. The number of rotatable bonds is 1. The van der Waals surface area contributed by atoms with E-state index in [9.17, 15) is 5.11 Å². The third-order valence-corrected chi connectivity index (χ3v) is 5.30. The average Bonchev–Trinajstić information content (AvgIpc) is 2.78. The molecule has 0 spiro atoms. The van der Waals surface area contributed by atoms with E-state index in [1.807, 2.05) is 12.1 Å². The maximum absolute atomic E-state index is 11.1. The van der Waals surface area contributed by atoms with E-state index >= 15 is 0 Å². The lowest BCUT2D eigenvalue weighted by molar-refractivity contribution is -0.188. The summed E-state index contributed by atoms with van der Waals surface area (Å²) in [6.45, 7) is 0. The van der Waals surface area contributed by atoms with Crippen LogP contribution in [0.1, 0.15) is 37.9 Å². The highest BCUT2D eigenvalue weighted by Crippen LogP contribution is 2.61. The largest absolute Gasteiger partial charge is 0.466 e. The molecule has 1 N–H and O–H groups in total. The van der Waals surface area contributed by atoms with Gasteiger partial charge in [-0.15, -0.1) is 0 Å². The normalized spacial score (nSPS) is 49.8. The first kappa shape index (κ1) is 9.29. The number of hydrogen-bond donors (Lipinski definition) is 1. The molecule has 4 aliphatic rings. The van der Waals surface area contributed by atoms with E-state index in [2.05, 4.69) is 0 Å². The third-order valence-electron chi connectivity index (χ3n) is 5.30. The molecule has 1 aromatic heterocycles. The highest BCUT2D eigenvalue weighted by atomic mass is 16.4. The first-order chi connectivity index (χ1) is 7.77. The highest BCUT2D eigenvalue weighted by molar-refractivity contribution is 5.18. The lowest BCUT2D eigenvalue weighted by Gasteiger charge is -2.58. The van der Waals surface area contributed by atoms with Gasteiger partial charge in [0.15, 0.2) is 0 Å². The smallest absolute Gasteiger partial charge is 0.135 e. The molecule has 0 saturated heterocycles. The lowest BCUT2D eigenvalue weighted by Crippen LogP contribution is -2.55. The third kappa shape index (κ3) is 1.01. The van der Waals surface area contributed by atoms with Crippen LogP contribution in [0.2, 0.25) is 0 Å². The molecule has 2 heteroatoms. The Kier molecular flexibility index (Phi) is 1.69. The van der Waals surface area contributed by atoms with Crippen molar-refractivity contribution in [2.24, 2.45) is 23.7 Å². The molecule has 0 radical (unpaired) electrons. The second kappa shape index (κ2) is 2.92. The highest BCUT2D eigenvalue weighted by Gasteiger charge is 2.58. The summed E-state index contributed by atoms with van der Waals surface area (Å²) >= 11 is 0. The van der Waals surface area contributed by atoms with Crippen LogP contribution in [0.4, 0.5) is 0 Å². The minimum Gasteiger partial charge on any atom is -0.466 e. The van der Waals surface area contributed by atoms with Crippen molar-refractivity contribution in [3.63, 3.8) is 0 Å². The number of hydrogen-bond acceptors (Lipinski definition) is 2. The quantitative estimate of drug-likeness (QED) is 0.786. The molecular weight excluding hydrogens is 200 g/mol. The van der Waals surface area contributed by atoms with Crippen LogP contribution < -0.4 is 0 Å². The summed E-state index contributed by atoms with van der Waals surface area (Å²) < 4.78 is 5.51. The monoisotopic (exact) mass is 218 g/mol. The van der Waals surface area contributed by atoms with Crippen LogP contribution in [0.15, 0.2) is 22.8 Å². The Bertz CT molecular complexity index is 365. The van der Waals surface area contributed by atoms with Gasteiger partial charge >= 0.3 is 0 Å². The molecule has 0 atom stereocenters. The summed E-state index contributed by atoms with van der Waals surface area (Å²) in [5, 5.41) is 11.1. The Balaban J connectivity index is 1.79. The predicted octanol–water partition coefficient (Wildman–Crippen LogP) is 2.92. The summed E-state index contributed by atoms with van der Waals surface area (Å²) in [5.74, 6) is 3.50. The molecule has 86 valence electrons. The second-order valence-corrected chi connectivity index (χ2v) is 6.11. The molecule has 5 rings (SSSR count). The van der Waals surface area contributed by atoms with Crippen LogP contribution in [0.25, 0.3) is 0 Å². The van der Waals surface area contributed by atoms with Gasteiger partial charge in [0, 0.05) is 0 Å². The molecule has 0 aliphatic heterocycles. The number of furan rings is 1. The van der Waals surface area contributed by atoms with Crippen LogP contribution in [0.5, 0.6) is 0 Å². The molecule has 4 aliphatic carbocycles. The fourth-order valence-electron chi connectivity index (χ4n) is 4.81. The van der Waals surface area contributed by atoms with Crippen LogP contribution >= 0.6 is 0 Å². The molecule has 4 saturated carbocycles. The summed E-state index contributed by atoms with van der Waals surface area (Å²) in [6, 6.07) is 3.86. The van der Waals surface area contributed by atoms with Gasteiger partial charge in [0.1, 0.15) is 11.4 Å². The van der Waals surface area contributed by atoms with E-state index in [1.54, 1.807) is 6.26 Å². The molecular formula is C14H18O2.